The number of halogens is 1. The number of esters is 1. The average Bonchev–Trinajstić information content (AvgIpc) is 3.05. The molecule has 0 bridgehead atoms. The van der Waals surface area contributed by atoms with Crippen LogP contribution in [0.2, 0.25) is 0 Å². The topological polar surface area (TPSA) is 92.8 Å². The van der Waals surface area contributed by atoms with Gasteiger partial charge < -0.3 is 10.1 Å². The molecule has 8 heteroatoms. The summed E-state index contributed by atoms with van der Waals surface area (Å²) < 4.78 is 6.02. The van der Waals surface area contributed by atoms with Crippen molar-refractivity contribution in [2.24, 2.45) is 0 Å². The first kappa shape index (κ1) is 20.7. The monoisotopic (exact) mass is 458 g/mol. The number of ether oxygens (including phenoxy) is 1. The molecule has 0 saturated carbocycles. The summed E-state index contributed by atoms with van der Waals surface area (Å²) in [7, 11) is 0. The number of carbonyl (C=O) groups excluding carboxylic acids is 4. The summed E-state index contributed by atoms with van der Waals surface area (Å²) >= 11 is 3.43. The standard InChI is InChI=1S/C21H19BrN2O5/c1-12-13(2)17(7-6-16(12)22)23-18(25)11-29-21(28)14-4-3-5-15(10-14)24-19(26)8-9-20(24)27/h3-7,10H,8-9,11H2,1-2H3,(H,23,25). The van der Waals surface area contributed by atoms with Crippen LogP contribution in [-0.2, 0) is 19.1 Å². The minimum atomic E-state index is -0.718. The Morgan fingerprint density at radius 1 is 1.07 bits per heavy atom. The van der Waals surface area contributed by atoms with Crippen LogP contribution in [0, 0.1) is 13.8 Å². The van der Waals surface area contributed by atoms with Crippen LogP contribution in [0.3, 0.4) is 0 Å². The predicted octanol–water partition coefficient (Wildman–Crippen LogP) is 3.51. The van der Waals surface area contributed by atoms with Gasteiger partial charge in [0, 0.05) is 23.0 Å². The van der Waals surface area contributed by atoms with Crippen molar-refractivity contribution in [1.82, 2.24) is 0 Å². The molecule has 0 atom stereocenters. The third-order valence-electron chi connectivity index (χ3n) is 4.72. The van der Waals surface area contributed by atoms with Gasteiger partial charge in [0.15, 0.2) is 6.61 Å². The lowest BCUT2D eigenvalue weighted by atomic mass is 10.1. The molecular weight excluding hydrogens is 440 g/mol. The van der Waals surface area contributed by atoms with Crippen molar-refractivity contribution in [2.45, 2.75) is 26.7 Å². The minimum absolute atomic E-state index is 0.151. The Morgan fingerprint density at radius 3 is 2.45 bits per heavy atom. The molecule has 150 valence electrons. The quantitative estimate of drug-likeness (QED) is 0.546. The zero-order chi connectivity index (χ0) is 21.1. The van der Waals surface area contributed by atoms with E-state index in [0.717, 1.165) is 20.5 Å². The first-order valence-corrected chi connectivity index (χ1v) is 9.75. The summed E-state index contributed by atoms with van der Waals surface area (Å²) in [5.74, 6) is -1.80. The number of hydrogen-bond acceptors (Lipinski definition) is 5. The van der Waals surface area contributed by atoms with Gasteiger partial charge >= 0.3 is 5.97 Å². The molecule has 29 heavy (non-hydrogen) atoms. The van der Waals surface area contributed by atoms with E-state index in [1.54, 1.807) is 18.2 Å². The van der Waals surface area contributed by atoms with Gasteiger partial charge in [-0.25, -0.2) is 4.79 Å². The van der Waals surface area contributed by atoms with Gasteiger partial charge in [-0.2, -0.15) is 0 Å². The van der Waals surface area contributed by atoms with Gasteiger partial charge in [-0.15, -0.1) is 0 Å². The van der Waals surface area contributed by atoms with E-state index in [2.05, 4.69) is 21.2 Å². The Balaban J connectivity index is 1.63. The van der Waals surface area contributed by atoms with Crippen molar-refractivity contribution < 1.29 is 23.9 Å². The van der Waals surface area contributed by atoms with Gasteiger partial charge in [-0.05, 0) is 55.3 Å². The van der Waals surface area contributed by atoms with Crippen LogP contribution in [0.15, 0.2) is 40.9 Å². The first-order chi connectivity index (χ1) is 13.8. The Bertz CT molecular complexity index is 1000. The molecule has 0 aliphatic carbocycles. The van der Waals surface area contributed by atoms with Gasteiger partial charge in [0.1, 0.15) is 0 Å². The Labute approximate surface area is 176 Å². The molecule has 3 rings (SSSR count). The number of rotatable bonds is 5. The van der Waals surface area contributed by atoms with Crippen LogP contribution >= 0.6 is 15.9 Å². The highest BCUT2D eigenvalue weighted by molar-refractivity contribution is 9.10. The third kappa shape index (κ3) is 4.54. The normalized spacial score (nSPS) is 13.6. The number of hydrogen-bond donors (Lipinski definition) is 1. The summed E-state index contributed by atoms with van der Waals surface area (Å²) in [5.41, 5.74) is 3.02. The largest absolute Gasteiger partial charge is 0.452 e. The molecular formula is C21H19BrN2O5. The van der Waals surface area contributed by atoms with Crippen LogP contribution in [0.5, 0.6) is 0 Å². The molecule has 0 spiro atoms. The van der Waals surface area contributed by atoms with Gasteiger partial charge in [0.2, 0.25) is 11.8 Å². The molecule has 1 heterocycles. The van der Waals surface area contributed by atoms with Gasteiger partial charge in [0.25, 0.3) is 5.91 Å². The van der Waals surface area contributed by atoms with E-state index in [1.807, 2.05) is 19.9 Å². The Morgan fingerprint density at radius 2 is 1.76 bits per heavy atom. The molecule has 2 aromatic carbocycles. The number of nitrogens with one attached hydrogen (secondary N) is 1. The van der Waals surface area contributed by atoms with E-state index >= 15 is 0 Å². The predicted molar refractivity (Wildman–Crippen MR) is 111 cm³/mol. The molecule has 1 aliphatic rings. The summed E-state index contributed by atoms with van der Waals surface area (Å²) in [4.78, 5) is 49.2. The average molecular weight is 459 g/mol. The lowest BCUT2D eigenvalue weighted by molar-refractivity contribution is -0.121. The van der Waals surface area contributed by atoms with Crippen molar-refractivity contribution in [3.05, 3.63) is 57.6 Å². The van der Waals surface area contributed by atoms with Crippen molar-refractivity contribution in [3.8, 4) is 0 Å². The second-order valence-electron chi connectivity index (χ2n) is 6.64. The zero-order valence-electron chi connectivity index (χ0n) is 16.0. The highest BCUT2D eigenvalue weighted by Gasteiger charge is 2.30. The molecule has 3 amide bonds. The number of benzene rings is 2. The van der Waals surface area contributed by atoms with Crippen LogP contribution in [0.4, 0.5) is 11.4 Å². The second kappa shape index (κ2) is 8.57. The maximum absolute atomic E-state index is 12.3. The molecule has 1 N–H and O–H groups in total. The summed E-state index contributed by atoms with van der Waals surface area (Å²) in [6.45, 7) is 3.35. The van der Waals surface area contributed by atoms with Crippen LogP contribution in [0.1, 0.15) is 34.3 Å². The fourth-order valence-electron chi connectivity index (χ4n) is 2.96. The fraction of sp³-hybridized carbons (Fsp3) is 0.238. The van der Waals surface area contributed by atoms with Crippen LogP contribution in [-0.4, -0.2) is 30.3 Å². The molecule has 1 aliphatic heterocycles. The molecule has 0 aromatic heterocycles. The van der Waals surface area contributed by atoms with E-state index in [-0.39, 0.29) is 30.2 Å². The number of imide groups is 1. The van der Waals surface area contributed by atoms with E-state index in [4.69, 9.17) is 4.74 Å². The summed E-state index contributed by atoms with van der Waals surface area (Å²) in [6, 6.07) is 9.62. The fourth-order valence-corrected chi connectivity index (χ4v) is 3.39. The van der Waals surface area contributed by atoms with Crippen LogP contribution in [0.25, 0.3) is 0 Å². The van der Waals surface area contributed by atoms with E-state index in [9.17, 15) is 19.2 Å². The molecule has 0 unspecified atom stereocenters. The third-order valence-corrected chi connectivity index (χ3v) is 5.58. The minimum Gasteiger partial charge on any atom is -0.452 e. The van der Waals surface area contributed by atoms with E-state index in [0.29, 0.717) is 11.4 Å². The van der Waals surface area contributed by atoms with Crippen molar-refractivity contribution in [1.29, 1.82) is 0 Å². The molecule has 0 radical (unpaired) electrons. The summed E-state index contributed by atoms with van der Waals surface area (Å²) in [6.07, 6.45) is 0.311. The number of anilines is 2. The van der Waals surface area contributed by atoms with Crippen LogP contribution < -0.4 is 10.2 Å². The van der Waals surface area contributed by atoms with Crippen molar-refractivity contribution in [3.63, 3.8) is 0 Å². The lowest BCUT2D eigenvalue weighted by Crippen LogP contribution is -2.28. The lowest BCUT2D eigenvalue weighted by Gasteiger charge is -2.15. The van der Waals surface area contributed by atoms with E-state index < -0.39 is 18.5 Å². The Hall–Kier alpha value is -3.00. The highest BCUT2D eigenvalue weighted by atomic mass is 79.9. The highest BCUT2D eigenvalue weighted by Crippen LogP contribution is 2.26. The smallest absolute Gasteiger partial charge is 0.338 e. The van der Waals surface area contributed by atoms with E-state index in [1.165, 1.54) is 12.1 Å². The SMILES string of the molecule is Cc1c(Br)ccc(NC(=O)COC(=O)c2cccc(N3C(=O)CCC3=O)c2)c1C. The second-order valence-corrected chi connectivity index (χ2v) is 7.50. The number of nitrogens with zero attached hydrogens (tertiary/aromatic N) is 1. The number of carbonyl (C=O) groups is 4. The maximum atomic E-state index is 12.3. The maximum Gasteiger partial charge on any atom is 0.338 e. The zero-order valence-corrected chi connectivity index (χ0v) is 17.5. The molecule has 2 aromatic rings. The van der Waals surface area contributed by atoms with Gasteiger partial charge in [0.05, 0.1) is 11.3 Å². The van der Waals surface area contributed by atoms with Gasteiger partial charge in [-0.1, -0.05) is 22.0 Å². The number of amides is 3. The van der Waals surface area contributed by atoms with Gasteiger partial charge in [-0.3, -0.25) is 19.3 Å². The molecule has 1 saturated heterocycles. The van der Waals surface area contributed by atoms with Crippen molar-refractivity contribution in [2.75, 3.05) is 16.8 Å². The molecule has 7 nitrogen and oxygen atoms in total. The molecule has 1 fully saturated rings. The van der Waals surface area contributed by atoms with Crippen molar-refractivity contribution >= 4 is 51.0 Å². The summed E-state index contributed by atoms with van der Waals surface area (Å²) in [5, 5.41) is 2.72. The first-order valence-electron chi connectivity index (χ1n) is 8.96. The Kier molecular flexibility index (Phi) is 6.12.